The van der Waals surface area contributed by atoms with Crippen LogP contribution in [0.1, 0.15) is 44.9 Å². The van der Waals surface area contributed by atoms with Crippen LogP contribution in [0.5, 0.6) is 0 Å². The Morgan fingerprint density at radius 1 is 1.06 bits per heavy atom. The first-order chi connectivity index (χ1) is 7.89. The quantitative estimate of drug-likeness (QED) is 0.773. The summed E-state index contributed by atoms with van der Waals surface area (Å²) in [5.74, 6) is 1.97. The largest absolute Gasteiger partial charge is 0.381 e. The Labute approximate surface area is 99.1 Å². The lowest BCUT2D eigenvalue weighted by molar-refractivity contribution is 0.0599. The van der Waals surface area contributed by atoms with Crippen LogP contribution in [0.15, 0.2) is 0 Å². The summed E-state index contributed by atoms with van der Waals surface area (Å²) in [7, 11) is 0. The number of ether oxygens (including phenoxy) is 1. The van der Waals surface area contributed by atoms with Crippen LogP contribution in [0.3, 0.4) is 0 Å². The minimum atomic E-state index is 0.741. The molecule has 92 valence electrons. The van der Waals surface area contributed by atoms with Gasteiger partial charge in [-0.25, -0.2) is 0 Å². The molecule has 1 heterocycles. The van der Waals surface area contributed by atoms with Gasteiger partial charge in [0.15, 0.2) is 0 Å². The van der Waals surface area contributed by atoms with E-state index in [0.29, 0.717) is 0 Å². The molecular formula is C14H25NO. The predicted molar refractivity (Wildman–Crippen MR) is 65.4 cm³/mol. The molecule has 0 unspecified atom stereocenters. The zero-order valence-corrected chi connectivity index (χ0v) is 10.3. The molecule has 0 bridgehead atoms. The van der Waals surface area contributed by atoms with E-state index in [9.17, 15) is 0 Å². The SMILES string of the molecule is C1CC(CNCC2CCOCC2)(C2CC2)C1. The summed E-state index contributed by atoms with van der Waals surface area (Å²) in [4.78, 5) is 0. The maximum absolute atomic E-state index is 5.40. The lowest BCUT2D eigenvalue weighted by Gasteiger charge is -2.43. The van der Waals surface area contributed by atoms with Crippen molar-refractivity contribution in [2.75, 3.05) is 26.3 Å². The van der Waals surface area contributed by atoms with E-state index in [4.69, 9.17) is 4.74 Å². The molecule has 2 nitrogen and oxygen atoms in total. The highest BCUT2D eigenvalue weighted by atomic mass is 16.5. The molecule has 0 spiro atoms. The van der Waals surface area contributed by atoms with E-state index in [-0.39, 0.29) is 0 Å². The van der Waals surface area contributed by atoms with Gasteiger partial charge >= 0.3 is 0 Å². The van der Waals surface area contributed by atoms with E-state index in [2.05, 4.69) is 5.32 Å². The average molecular weight is 223 g/mol. The number of hydrogen-bond acceptors (Lipinski definition) is 2. The molecule has 1 saturated heterocycles. The summed E-state index contributed by atoms with van der Waals surface area (Å²) in [6.45, 7) is 4.51. The highest BCUT2D eigenvalue weighted by Crippen LogP contribution is 2.56. The van der Waals surface area contributed by atoms with Gasteiger partial charge in [0.05, 0.1) is 0 Å². The molecule has 1 aliphatic heterocycles. The third-order valence-electron chi connectivity index (χ3n) is 5.04. The van der Waals surface area contributed by atoms with Crippen molar-refractivity contribution in [2.24, 2.45) is 17.3 Å². The minimum absolute atomic E-state index is 0.741. The summed E-state index contributed by atoms with van der Waals surface area (Å²) in [6.07, 6.45) is 10.0. The Bertz CT molecular complexity index is 227. The van der Waals surface area contributed by atoms with E-state index in [1.165, 1.54) is 58.0 Å². The topological polar surface area (TPSA) is 21.3 Å². The van der Waals surface area contributed by atoms with Gasteiger partial charge in [-0.05, 0) is 62.3 Å². The molecular weight excluding hydrogens is 198 g/mol. The lowest BCUT2D eigenvalue weighted by Crippen LogP contribution is -2.43. The van der Waals surface area contributed by atoms with Gasteiger partial charge < -0.3 is 10.1 Å². The Balaban J connectivity index is 1.38. The Kier molecular flexibility index (Phi) is 3.21. The summed E-state index contributed by atoms with van der Waals surface area (Å²) in [6, 6.07) is 0. The number of hydrogen-bond donors (Lipinski definition) is 1. The molecule has 3 fully saturated rings. The standard InChI is InChI=1S/C14H25NO/c1-6-14(7-1,13-2-3-13)11-15-10-12-4-8-16-9-5-12/h12-13,15H,1-11H2. The molecule has 16 heavy (non-hydrogen) atoms. The number of rotatable bonds is 5. The molecule has 0 aromatic rings. The molecule has 2 saturated carbocycles. The maximum Gasteiger partial charge on any atom is 0.0469 e. The van der Waals surface area contributed by atoms with Crippen LogP contribution in [0.25, 0.3) is 0 Å². The molecule has 0 aromatic carbocycles. The van der Waals surface area contributed by atoms with E-state index in [1.807, 2.05) is 0 Å². The van der Waals surface area contributed by atoms with Gasteiger partial charge in [0.2, 0.25) is 0 Å². The fraction of sp³-hybridized carbons (Fsp3) is 1.00. The summed E-state index contributed by atoms with van der Waals surface area (Å²) < 4.78 is 5.40. The van der Waals surface area contributed by atoms with Crippen LogP contribution in [0.2, 0.25) is 0 Å². The molecule has 3 aliphatic rings. The first-order valence-corrected chi connectivity index (χ1v) is 7.18. The highest BCUT2D eigenvalue weighted by molar-refractivity contribution is 5.00. The minimum Gasteiger partial charge on any atom is -0.381 e. The monoisotopic (exact) mass is 223 g/mol. The van der Waals surface area contributed by atoms with Gasteiger partial charge in [-0.2, -0.15) is 0 Å². The van der Waals surface area contributed by atoms with Crippen LogP contribution in [0, 0.1) is 17.3 Å². The third-order valence-corrected chi connectivity index (χ3v) is 5.04. The molecule has 0 amide bonds. The molecule has 0 radical (unpaired) electrons. The van der Waals surface area contributed by atoms with Gasteiger partial charge in [-0.1, -0.05) is 6.42 Å². The maximum atomic E-state index is 5.40. The summed E-state index contributed by atoms with van der Waals surface area (Å²) in [5, 5.41) is 3.76. The zero-order valence-electron chi connectivity index (χ0n) is 10.3. The second kappa shape index (κ2) is 4.66. The number of nitrogens with one attached hydrogen (secondary N) is 1. The van der Waals surface area contributed by atoms with Crippen molar-refractivity contribution < 1.29 is 4.74 Å². The van der Waals surface area contributed by atoms with Crippen LogP contribution in [0.4, 0.5) is 0 Å². The molecule has 0 atom stereocenters. The first-order valence-electron chi connectivity index (χ1n) is 7.18. The van der Waals surface area contributed by atoms with Crippen molar-refractivity contribution in [3.63, 3.8) is 0 Å². The van der Waals surface area contributed by atoms with Gasteiger partial charge in [-0.3, -0.25) is 0 Å². The molecule has 1 N–H and O–H groups in total. The molecule has 2 heteroatoms. The second-order valence-corrected chi connectivity index (χ2v) is 6.18. The van der Waals surface area contributed by atoms with Crippen molar-refractivity contribution in [1.82, 2.24) is 5.32 Å². The van der Waals surface area contributed by atoms with Gasteiger partial charge in [0.1, 0.15) is 0 Å². The third kappa shape index (κ3) is 2.28. The second-order valence-electron chi connectivity index (χ2n) is 6.18. The van der Waals surface area contributed by atoms with E-state index >= 15 is 0 Å². The summed E-state index contributed by atoms with van der Waals surface area (Å²) >= 11 is 0. The van der Waals surface area contributed by atoms with Crippen molar-refractivity contribution in [1.29, 1.82) is 0 Å². The Hall–Kier alpha value is -0.0800. The fourth-order valence-corrected chi connectivity index (χ4v) is 3.53. The molecule has 0 aromatic heterocycles. The zero-order chi connectivity index (χ0) is 10.8. The van der Waals surface area contributed by atoms with E-state index < -0.39 is 0 Å². The van der Waals surface area contributed by atoms with E-state index in [0.717, 1.165) is 30.5 Å². The van der Waals surface area contributed by atoms with Crippen molar-refractivity contribution in [3.05, 3.63) is 0 Å². The Morgan fingerprint density at radius 2 is 1.81 bits per heavy atom. The van der Waals surface area contributed by atoms with Crippen LogP contribution in [-0.4, -0.2) is 26.3 Å². The van der Waals surface area contributed by atoms with Crippen molar-refractivity contribution >= 4 is 0 Å². The summed E-state index contributed by atoms with van der Waals surface area (Å²) in [5.41, 5.74) is 0.741. The Morgan fingerprint density at radius 3 is 2.38 bits per heavy atom. The highest BCUT2D eigenvalue weighted by Gasteiger charge is 2.48. The molecule has 3 rings (SSSR count). The first kappa shape index (κ1) is 11.0. The normalized spacial score (nSPS) is 30.0. The molecule has 2 aliphatic carbocycles. The average Bonchev–Trinajstić information content (AvgIpc) is 3.08. The van der Waals surface area contributed by atoms with Gasteiger partial charge in [0.25, 0.3) is 0 Å². The van der Waals surface area contributed by atoms with Gasteiger partial charge in [-0.15, -0.1) is 0 Å². The lowest BCUT2D eigenvalue weighted by atomic mass is 9.65. The van der Waals surface area contributed by atoms with Crippen LogP contribution >= 0.6 is 0 Å². The van der Waals surface area contributed by atoms with Crippen molar-refractivity contribution in [3.8, 4) is 0 Å². The van der Waals surface area contributed by atoms with Crippen LogP contribution in [-0.2, 0) is 4.74 Å². The fourth-order valence-electron chi connectivity index (χ4n) is 3.53. The van der Waals surface area contributed by atoms with E-state index in [1.54, 1.807) is 0 Å². The van der Waals surface area contributed by atoms with Gasteiger partial charge in [0, 0.05) is 19.8 Å². The smallest absolute Gasteiger partial charge is 0.0469 e. The predicted octanol–water partition coefficient (Wildman–Crippen LogP) is 2.58. The van der Waals surface area contributed by atoms with Crippen LogP contribution < -0.4 is 5.32 Å². The van der Waals surface area contributed by atoms with Crippen molar-refractivity contribution in [2.45, 2.75) is 44.9 Å².